The Morgan fingerprint density at radius 1 is 1.19 bits per heavy atom. The number of alkyl halides is 3. The van der Waals surface area contributed by atoms with Crippen LogP contribution >= 0.6 is 24.0 Å². The minimum absolute atomic E-state index is 0.0671. The number of halogens is 3. The summed E-state index contributed by atoms with van der Waals surface area (Å²) in [6.45, 7) is -0.561. The van der Waals surface area contributed by atoms with Crippen LogP contribution in [0.1, 0.15) is 11.1 Å². The maximum absolute atomic E-state index is 13.1. The fraction of sp³-hybridized carbons (Fsp3) is 0.105. The van der Waals surface area contributed by atoms with Gasteiger partial charge in [0.2, 0.25) is 5.91 Å². The number of nitrogens with zero attached hydrogens (tertiary/aromatic N) is 2. The van der Waals surface area contributed by atoms with Crippen LogP contribution in [-0.4, -0.2) is 32.5 Å². The van der Waals surface area contributed by atoms with Gasteiger partial charge in [0.15, 0.2) is 0 Å². The molecule has 0 unspecified atom stereocenters. The highest BCUT2D eigenvalue weighted by molar-refractivity contribution is 8.26. The molecule has 0 atom stereocenters. The molecule has 0 aliphatic carbocycles. The number of hydrogen-bond acceptors (Lipinski definition) is 6. The monoisotopic (exact) mass is 467 g/mol. The van der Waals surface area contributed by atoms with Crippen LogP contribution in [0.25, 0.3) is 6.08 Å². The molecule has 160 valence electrons. The second-order valence-electron chi connectivity index (χ2n) is 6.21. The molecule has 1 aliphatic rings. The molecule has 1 fully saturated rings. The van der Waals surface area contributed by atoms with E-state index >= 15 is 0 Å². The van der Waals surface area contributed by atoms with Gasteiger partial charge in [0.25, 0.3) is 11.6 Å². The number of hydrogen-bond donors (Lipinski definition) is 1. The lowest BCUT2D eigenvalue weighted by Gasteiger charge is -2.16. The van der Waals surface area contributed by atoms with Crippen LogP contribution < -0.4 is 5.32 Å². The summed E-state index contributed by atoms with van der Waals surface area (Å²) in [5.41, 5.74) is -1.03. The molecule has 1 aliphatic heterocycles. The van der Waals surface area contributed by atoms with Gasteiger partial charge in [-0.25, -0.2) is 0 Å². The van der Waals surface area contributed by atoms with Crippen molar-refractivity contribution in [3.05, 3.63) is 74.7 Å². The first-order valence-corrected chi connectivity index (χ1v) is 9.74. The molecule has 1 heterocycles. The molecular formula is C19H12F3N3O4S2. The summed E-state index contributed by atoms with van der Waals surface area (Å²) >= 11 is 6.03. The van der Waals surface area contributed by atoms with E-state index in [0.717, 1.165) is 28.8 Å². The average molecular weight is 467 g/mol. The van der Waals surface area contributed by atoms with Gasteiger partial charge in [0.05, 0.1) is 21.1 Å². The van der Waals surface area contributed by atoms with Gasteiger partial charge in [0, 0.05) is 12.1 Å². The fourth-order valence-corrected chi connectivity index (χ4v) is 3.91. The standard InChI is InChI=1S/C19H12F3N3O4S2/c20-19(21,22)13-3-1-2-4-14(13)23-16(26)10-24-17(27)15(31-18(24)30)9-11-5-7-12(8-6-11)25(28)29/h1-9H,10H2,(H,23,26)/b15-9-. The van der Waals surface area contributed by atoms with E-state index in [1.54, 1.807) is 0 Å². The topological polar surface area (TPSA) is 92.5 Å². The Hall–Kier alpha value is -3.25. The quantitative estimate of drug-likeness (QED) is 0.302. The predicted octanol–water partition coefficient (Wildman–Crippen LogP) is 4.45. The Labute approximate surface area is 183 Å². The molecule has 1 saturated heterocycles. The summed E-state index contributed by atoms with van der Waals surface area (Å²) in [4.78, 5) is 36.2. The van der Waals surface area contributed by atoms with E-state index < -0.39 is 40.7 Å². The lowest BCUT2D eigenvalue weighted by Crippen LogP contribution is -2.36. The number of rotatable bonds is 5. The highest BCUT2D eigenvalue weighted by Crippen LogP contribution is 2.35. The van der Waals surface area contributed by atoms with Crippen LogP contribution in [-0.2, 0) is 15.8 Å². The van der Waals surface area contributed by atoms with Gasteiger partial charge < -0.3 is 5.32 Å². The third-order valence-electron chi connectivity index (χ3n) is 4.08. The number of carbonyl (C=O) groups excluding carboxylic acids is 2. The number of nitro benzene ring substituents is 1. The first kappa shape index (κ1) is 22.4. The Kier molecular flexibility index (Phi) is 6.41. The van der Waals surface area contributed by atoms with Crippen LogP contribution in [0.4, 0.5) is 24.5 Å². The molecule has 1 N–H and O–H groups in total. The first-order chi connectivity index (χ1) is 14.6. The van der Waals surface area contributed by atoms with Gasteiger partial charge in [-0.1, -0.05) is 36.1 Å². The molecule has 31 heavy (non-hydrogen) atoms. The van der Waals surface area contributed by atoms with E-state index in [0.29, 0.717) is 5.56 Å². The number of thioether (sulfide) groups is 1. The van der Waals surface area contributed by atoms with Crippen molar-refractivity contribution in [2.45, 2.75) is 6.18 Å². The number of amides is 2. The van der Waals surface area contributed by atoms with E-state index in [-0.39, 0.29) is 14.9 Å². The number of non-ortho nitro benzene ring substituents is 1. The number of carbonyl (C=O) groups is 2. The zero-order valence-corrected chi connectivity index (χ0v) is 17.0. The summed E-state index contributed by atoms with van der Waals surface area (Å²) in [7, 11) is 0. The van der Waals surface area contributed by atoms with Crippen LogP contribution in [0.15, 0.2) is 53.4 Å². The molecule has 0 aromatic heterocycles. The van der Waals surface area contributed by atoms with Gasteiger partial charge in [0.1, 0.15) is 10.9 Å². The summed E-state index contributed by atoms with van der Waals surface area (Å²) in [6, 6.07) is 9.94. The SMILES string of the molecule is O=C(CN1C(=O)/C(=C/c2ccc([N+](=O)[O-])cc2)SC1=S)Nc1ccccc1C(F)(F)F. The molecule has 2 aromatic carbocycles. The van der Waals surface area contributed by atoms with Crippen molar-refractivity contribution in [1.82, 2.24) is 4.90 Å². The highest BCUT2D eigenvalue weighted by atomic mass is 32.2. The van der Waals surface area contributed by atoms with Gasteiger partial charge >= 0.3 is 6.18 Å². The van der Waals surface area contributed by atoms with Crippen molar-refractivity contribution >= 4 is 57.6 Å². The molecule has 12 heteroatoms. The van der Waals surface area contributed by atoms with Crippen LogP contribution in [0.5, 0.6) is 0 Å². The molecule has 0 bridgehead atoms. The Morgan fingerprint density at radius 3 is 2.45 bits per heavy atom. The van der Waals surface area contributed by atoms with Crippen LogP contribution in [0.3, 0.4) is 0 Å². The first-order valence-electron chi connectivity index (χ1n) is 8.52. The predicted molar refractivity (Wildman–Crippen MR) is 113 cm³/mol. The number of benzene rings is 2. The lowest BCUT2D eigenvalue weighted by atomic mass is 10.1. The number of anilines is 1. The van der Waals surface area contributed by atoms with Gasteiger partial charge in [-0.2, -0.15) is 13.2 Å². The highest BCUT2D eigenvalue weighted by Gasteiger charge is 2.35. The van der Waals surface area contributed by atoms with Crippen molar-refractivity contribution < 1.29 is 27.7 Å². The van der Waals surface area contributed by atoms with Crippen molar-refractivity contribution in [3.8, 4) is 0 Å². The van der Waals surface area contributed by atoms with E-state index in [9.17, 15) is 32.9 Å². The van der Waals surface area contributed by atoms with E-state index in [4.69, 9.17) is 12.2 Å². The van der Waals surface area contributed by atoms with Crippen LogP contribution in [0.2, 0.25) is 0 Å². The number of nitro groups is 1. The third-order valence-corrected chi connectivity index (χ3v) is 5.46. The molecule has 3 rings (SSSR count). The maximum atomic E-state index is 13.1. The lowest BCUT2D eigenvalue weighted by molar-refractivity contribution is -0.384. The van der Waals surface area contributed by atoms with Gasteiger partial charge in [-0.05, 0) is 35.9 Å². The smallest absolute Gasteiger partial charge is 0.324 e. The zero-order valence-electron chi connectivity index (χ0n) is 15.4. The van der Waals surface area contributed by atoms with Gasteiger partial charge in [-0.15, -0.1) is 0 Å². The zero-order chi connectivity index (χ0) is 22.8. The van der Waals surface area contributed by atoms with Crippen LogP contribution in [0, 0.1) is 10.1 Å². The molecule has 0 spiro atoms. The summed E-state index contributed by atoms with van der Waals surface area (Å²) in [6.07, 6.45) is -3.20. The van der Waals surface area contributed by atoms with E-state index in [2.05, 4.69) is 5.32 Å². The molecule has 2 amide bonds. The number of para-hydroxylation sites is 1. The largest absolute Gasteiger partial charge is 0.418 e. The Morgan fingerprint density at radius 2 is 1.84 bits per heavy atom. The minimum Gasteiger partial charge on any atom is -0.324 e. The van der Waals surface area contributed by atoms with E-state index in [1.807, 2.05) is 0 Å². The third kappa shape index (κ3) is 5.27. The molecular weight excluding hydrogens is 455 g/mol. The Balaban J connectivity index is 1.72. The van der Waals surface area contributed by atoms with Gasteiger partial charge in [-0.3, -0.25) is 24.6 Å². The summed E-state index contributed by atoms with van der Waals surface area (Å²) in [5, 5.41) is 12.9. The van der Waals surface area contributed by atoms with Crippen molar-refractivity contribution in [1.29, 1.82) is 0 Å². The second-order valence-corrected chi connectivity index (χ2v) is 7.88. The van der Waals surface area contributed by atoms with Crippen molar-refractivity contribution in [2.75, 3.05) is 11.9 Å². The second kappa shape index (κ2) is 8.86. The number of nitrogens with one attached hydrogen (secondary N) is 1. The maximum Gasteiger partial charge on any atom is 0.418 e. The molecule has 0 saturated carbocycles. The normalized spacial score (nSPS) is 15.5. The Bertz CT molecular complexity index is 1100. The van der Waals surface area contributed by atoms with Crippen molar-refractivity contribution in [2.24, 2.45) is 0 Å². The van der Waals surface area contributed by atoms with E-state index in [1.165, 1.54) is 42.5 Å². The summed E-state index contributed by atoms with van der Waals surface area (Å²) < 4.78 is 39.3. The summed E-state index contributed by atoms with van der Waals surface area (Å²) in [5.74, 6) is -1.43. The number of thiocarbonyl (C=S) groups is 1. The van der Waals surface area contributed by atoms with Crippen molar-refractivity contribution in [3.63, 3.8) is 0 Å². The fourth-order valence-electron chi connectivity index (χ4n) is 2.65. The molecule has 7 nitrogen and oxygen atoms in total. The molecule has 2 aromatic rings. The minimum atomic E-state index is -4.65. The molecule has 0 radical (unpaired) electrons. The average Bonchev–Trinajstić information content (AvgIpc) is 2.95.